The van der Waals surface area contributed by atoms with E-state index in [4.69, 9.17) is 0 Å². The lowest BCUT2D eigenvalue weighted by Gasteiger charge is -2.39. The molecule has 0 saturated heterocycles. The maximum Gasteiger partial charge on any atom is 0.0315 e. The highest BCUT2D eigenvalue weighted by molar-refractivity contribution is 8.39. The normalized spacial score (nSPS) is 17.2. The summed E-state index contributed by atoms with van der Waals surface area (Å²) in [4.78, 5) is 0. The van der Waals surface area contributed by atoms with E-state index in [0.717, 1.165) is 0 Å². The fourth-order valence-corrected chi connectivity index (χ4v) is 13.7. The van der Waals surface area contributed by atoms with Crippen molar-refractivity contribution in [2.45, 2.75) is 5.66 Å². The quantitative estimate of drug-likeness (QED) is 0.200. The van der Waals surface area contributed by atoms with Gasteiger partial charge in [-0.25, -0.2) is 0 Å². The summed E-state index contributed by atoms with van der Waals surface area (Å²) in [6.45, 7) is 0. The van der Waals surface area contributed by atoms with Gasteiger partial charge >= 0.3 is 0 Å². The van der Waals surface area contributed by atoms with E-state index in [-0.39, 0.29) is 0 Å². The zero-order chi connectivity index (χ0) is 24.9. The molecule has 2 unspecified atom stereocenters. The molecule has 0 aliphatic carbocycles. The first-order valence-corrected chi connectivity index (χ1v) is 16.1. The summed E-state index contributed by atoms with van der Waals surface area (Å²) in [5.74, 6) is 0. The Labute approximate surface area is 222 Å². The van der Waals surface area contributed by atoms with E-state index >= 15 is 0 Å². The molecule has 0 saturated carbocycles. The Morgan fingerprint density at radius 2 is 0.892 bits per heavy atom. The largest absolute Gasteiger partial charge is 0.0642 e. The van der Waals surface area contributed by atoms with Gasteiger partial charge in [0.1, 0.15) is 0 Å². The van der Waals surface area contributed by atoms with Crippen LogP contribution in [0.4, 0.5) is 0 Å². The van der Waals surface area contributed by atoms with Gasteiger partial charge in [0.05, 0.1) is 0 Å². The van der Waals surface area contributed by atoms with Gasteiger partial charge in [-0.05, 0) is 59.5 Å². The van der Waals surface area contributed by atoms with Gasteiger partial charge in [-0.1, -0.05) is 158 Å². The van der Waals surface area contributed by atoms with E-state index in [2.05, 4.69) is 164 Å². The Morgan fingerprint density at radius 1 is 0.459 bits per heavy atom. The second-order valence-electron chi connectivity index (χ2n) is 9.07. The second-order valence-corrected chi connectivity index (χ2v) is 14.9. The summed E-state index contributed by atoms with van der Waals surface area (Å²) < 4.78 is 0. The molecule has 0 radical (unpaired) electrons. The Bertz CT molecular complexity index is 1450. The number of rotatable bonds is 6. The van der Waals surface area contributed by atoms with Gasteiger partial charge in [0, 0.05) is 5.66 Å². The smallest absolute Gasteiger partial charge is 0.0315 e. The molecule has 178 valence electrons. The summed E-state index contributed by atoms with van der Waals surface area (Å²) in [5.41, 5.74) is 5.61. The van der Waals surface area contributed by atoms with Gasteiger partial charge in [-0.15, -0.1) is 0 Å². The van der Waals surface area contributed by atoms with Crippen LogP contribution in [0.1, 0.15) is 22.3 Å². The first kappa shape index (κ1) is 23.8. The highest BCUT2D eigenvalue weighted by Crippen LogP contribution is 2.82. The minimum absolute atomic E-state index is 0.304. The van der Waals surface area contributed by atoms with Crippen molar-refractivity contribution in [3.63, 3.8) is 0 Å². The number of hydrogen-bond donors (Lipinski definition) is 0. The zero-order valence-corrected chi connectivity index (χ0v) is 22.3. The SMILES string of the molecule is C1=C(c2ccccc2)C=C(c2ccccc2)P(P(c2ccccc2)c2ccccc2)C1c1ccccc1. The van der Waals surface area contributed by atoms with Crippen LogP contribution in [0.25, 0.3) is 10.9 Å². The number of allylic oxidation sites excluding steroid dienone is 3. The van der Waals surface area contributed by atoms with Crippen molar-refractivity contribution >= 4 is 36.7 Å². The summed E-state index contributed by atoms with van der Waals surface area (Å²) in [6, 6.07) is 55.4. The van der Waals surface area contributed by atoms with E-state index < -0.39 is 15.2 Å². The van der Waals surface area contributed by atoms with Crippen molar-refractivity contribution in [3.8, 4) is 0 Å². The van der Waals surface area contributed by atoms with Gasteiger partial charge in [-0.3, -0.25) is 0 Å². The standard InChI is InChI=1S/C35H28P2/c1-6-16-28(17-7-1)31-26-34(29-18-8-2-9-19-29)37(35(27-31)30-20-10-3-11-21-30)36(32-22-12-4-13-23-32)33-24-14-5-15-25-33/h1-27,34H. The molecule has 2 atom stereocenters. The molecule has 1 heterocycles. The molecule has 5 aromatic rings. The molecule has 0 bridgehead atoms. The topological polar surface area (TPSA) is 0 Å². The van der Waals surface area contributed by atoms with Crippen molar-refractivity contribution in [1.82, 2.24) is 0 Å². The Morgan fingerprint density at radius 3 is 1.41 bits per heavy atom. The van der Waals surface area contributed by atoms with Crippen molar-refractivity contribution in [2.24, 2.45) is 0 Å². The van der Waals surface area contributed by atoms with Crippen LogP contribution in [-0.4, -0.2) is 0 Å². The van der Waals surface area contributed by atoms with E-state index in [1.165, 1.54) is 38.2 Å². The van der Waals surface area contributed by atoms with Crippen molar-refractivity contribution in [1.29, 1.82) is 0 Å². The maximum absolute atomic E-state index is 2.55. The third kappa shape index (κ3) is 5.14. The molecule has 0 spiro atoms. The first-order chi connectivity index (χ1) is 18.4. The Balaban J connectivity index is 1.62. The molecule has 2 heteroatoms. The summed E-state index contributed by atoms with van der Waals surface area (Å²) in [7, 11) is -1.27. The van der Waals surface area contributed by atoms with E-state index in [0.29, 0.717) is 5.66 Å². The van der Waals surface area contributed by atoms with Crippen LogP contribution in [-0.2, 0) is 0 Å². The molecule has 0 N–H and O–H groups in total. The lowest BCUT2D eigenvalue weighted by atomic mass is 10.0. The predicted molar refractivity (Wildman–Crippen MR) is 164 cm³/mol. The van der Waals surface area contributed by atoms with Crippen LogP contribution < -0.4 is 10.6 Å². The van der Waals surface area contributed by atoms with Gasteiger partial charge in [0.15, 0.2) is 0 Å². The van der Waals surface area contributed by atoms with Crippen LogP contribution in [0.2, 0.25) is 0 Å². The molecule has 0 aromatic heterocycles. The Kier molecular flexibility index (Phi) is 7.23. The van der Waals surface area contributed by atoms with Gasteiger partial charge in [0.2, 0.25) is 0 Å². The zero-order valence-electron chi connectivity index (χ0n) is 20.6. The molecule has 0 amide bonds. The fourth-order valence-electron chi connectivity index (χ4n) is 4.94. The summed E-state index contributed by atoms with van der Waals surface area (Å²) in [6.07, 6.45) is 5.03. The number of benzene rings is 5. The first-order valence-electron chi connectivity index (χ1n) is 12.7. The lowest BCUT2D eigenvalue weighted by Crippen LogP contribution is -2.14. The molecule has 1 aliphatic heterocycles. The van der Waals surface area contributed by atoms with Crippen molar-refractivity contribution < 1.29 is 0 Å². The third-order valence-electron chi connectivity index (χ3n) is 6.67. The van der Waals surface area contributed by atoms with Gasteiger partial charge in [0.25, 0.3) is 0 Å². The molecule has 1 aliphatic rings. The van der Waals surface area contributed by atoms with Crippen LogP contribution in [0.15, 0.2) is 164 Å². The van der Waals surface area contributed by atoms with E-state index in [9.17, 15) is 0 Å². The summed E-state index contributed by atoms with van der Waals surface area (Å²) >= 11 is 0. The second kappa shape index (κ2) is 11.2. The van der Waals surface area contributed by atoms with Gasteiger partial charge < -0.3 is 0 Å². The maximum atomic E-state index is 2.55. The highest BCUT2D eigenvalue weighted by Gasteiger charge is 2.37. The highest BCUT2D eigenvalue weighted by atomic mass is 32.1. The molecule has 6 rings (SSSR count). The summed E-state index contributed by atoms with van der Waals surface area (Å²) in [5, 5.41) is 4.35. The molecular formula is C35H28P2. The van der Waals surface area contributed by atoms with Crippen LogP contribution in [0, 0.1) is 0 Å². The Hall–Kier alpha value is -3.56. The van der Waals surface area contributed by atoms with Crippen molar-refractivity contribution in [2.75, 3.05) is 0 Å². The van der Waals surface area contributed by atoms with Gasteiger partial charge in [-0.2, -0.15) is 0 Å². The molecule has 5 aromatic carbocycles. The van der Waals surface area contributed by atoms with Crippen LogP contribution >= 0.6 is 15.2 Å². The predicted octanol–water partition coefficient (Wildman–Crippen LogP) is 9.40. The molecule has 0 fully saturated rings. The minimum Gasteiger partial charge on any atom is -0.0642 e. The van der Waals surface area contributed by atoms with Crippen molar-refractivity contribution in [3.05, 3.63) is 181 Å². The molecule has 37 heavy (non-hydrogen) atoms. The third-order valence-corrected chi connectivity index (χ3v) is 14.6. The molecule has 0 nitrogen and oxygen atoms in total. The lowest BCUT2D eigenvalue weighted by molar-refractivity contribution is 1.22. The van der Waals surface area contributed by atoms with Crippen LogP contribution in [0.5, 0.6) is 0 Å². The fraction of sp³-hybridized carbons (Fsp3) is 0.0286. The van der Waals surface area contributed by atoms with E-state index in [1.807, 2.05) is 0 Å². The molecular weight excluding hydrogens is 482 g/mol. The van der Waals surface area contributed by atoms with E-state index in [1.54, 1.807) is 0 Å². The average molecular weight is 511 g/mol. The number of hydrogen-bond acceptors (Lipinski definition) is 0. The monoisotopic (exact) mass is 510 g/mol. The minimum atomic E-state index is -0.635. The van der Waals surface area contributed by atoms with Crippen LogP contribution in [0.3, 0.4) is 0 Å². The average Bonchev–Trinajstić information content (AvgIpc) is 3.00.